The quantitative estimate of drug-likeness (QED) is 0.445. The largest absolute Gasteiger partial charge is 4.00 e. The van der Waals surface area contributed by atoms with E-state index in [1.807, 2.05) is 0 Å². The predicted octanol–water partition coefficient (Wildman–Crippen LogP) is 4.69. The first-order chi connectivity index (χ1) is 14.2. The van der Waals surface area contributed by atoms with Crippen molar-refractivity contribution < 1.29 is 42.1 Å². The fourth-order valence-electron chi connectivity index (χ4n) is 2.41. The third-order valence-corrected chi connectivity index (χ3v) is 4.28. The summed E-state index contributed by atoms with van der Waals surface area (Å²) in [5.41, 5.74) is 1.41. The van der Waals surface area contributed by atoms with Gasteiger partial charge in [0.1, 0.15) is 0 Å². The van der Waals surface area contributed by atoms with Gasteiger partial charge in [-0.15, -0.1) is 26.4 Å². The molecular formula is C28H60O4Ti. The van der Waals surface area contributed by atoms with Gasteiger partial charge in [0.25, 0.3) is 0 Å². The average Bonchev–Trinajstić information content (AvgIpc) is 2.60. The standard InChI is InChI=1S/4C7H15O.Ti/c4*1-7(2,3)5-4-6-8;/h4*4-6H2,1-3H3;/q4*-1;+4. The van der Waals surface area contributed by atoms with Crippen LogP contribution in [0.15, 0.2) is 0 Å². The Morgan fingerprint density at radius 2 is 0.455 bits per heavy atom. The van der Waals surface area contributed by atoms with E-state index in [-0.39, 0.29) is 48.1 Å². The van der Waals surface area contributed by atoms with E-state index < -0.39 is 0 Å². The molecule has 0 amide bonds. The Morgan fingerprint density at radius 3 is 0.485 bits per heavy atom. The van der Waals surface area contributed by atoms with Gasteiger partial charge >= 0.3 is 21.7 Å². The van der Waals surface area contributed by atoms with Gasteiger partial charge in [0, 0.05) is 0 Å². The molecule has 0 aliphatic carbocycles. The van der Waals surface area contributed by atoms with E-state index in [0.29, 0.717) is 21.7 Å². The van der Waals surface area contributed by atoms with Crippen molar-refractivity contribution in [2.24, 2.45) is 21.7 Å². The molecule has 0 aromatic carbocycles. The molecule has 0 radical (unpaired) electrons. The third kappa shape index (κ3) is 71.9. The normalized spacial score (nSPS) is 11.6. The molecule has 0 spiro atoms. The first-order valence-corrected chi connectivity index (χ1v) is 12.6. The second-order valence-corrected chi connectivity index (χ2v) is 13.5. The maximum atomic E-state index is 9.98. The van der Waals surface area contributed by atoms with Crippen molar-refractivity contribution >= 4 is 0 Å². The minimum atomic E-state index is 0. The molecule has 0 saturated heterocycles. The van der Waals surface area contributed by atoms with Crippen LogP contribution >= 0.6 is 0 Å². The molecule has 0 aliphatic heterocycles. The van der Waals surface area contributed by atoms with Crippen molar-refractivity contribution in [1.82, 2.24) is 0 Å². The van der Waals surface area contributed by atoms with E-state index in [4.69, 9.17) is 0 Å². The van der Waals surface area contributed by atoms with Gasteiger partial charge < -0.3 is 20.4 Å². The first kappa shape index (κ1) is 43.6. The molecular weight excluding hydrogens is 448 g/mol. The van der Waals surface area contributed by atoms with Crippen molar-refractivity contribution in [1.29, 1.82) is 0 Å². The van der Waals surface area contributed by atoms with Crippen molar-refractivity contribution in [2.45, 2.75) is 134 Å². The van der Waals surface area contributed by atoms with E-state index in [1.165, 1.54) is 0 Å². The Morgan fingerprint density at radius 1 is 0.333 bits per heavy atom. The molecule has 0 unspecified atom stereocenters. The molecule has 0 bridgehead atoms. The molecule has 0 rings (SSSR count). The second kappa shape index (κ2) is 24.3. The topological polar surface area (TPSA) is 92.2 Å². The molecule has 33 heavy (non-hydrogen) atoms. The Labute approximate surface area is 224 Å². The minimum Gasteiger partial charge on any atom is -0.854 e. The zero-order chi connectivity index (χ0) is 26.5. The van der Waals surface area contributed by atoms with Crippen LogP contribution in [0.3, 0.4) is 0 Å². The summed E-state index contributed by atoms with van der Waals surface area (Å²) in [7, 11) is 0. The number of hydrogen-bond donors (Lipinski definition) is 0. The van der Waals surface area contributed by atoms with Crippen molar-refractivity contribution in [3.63, 3.8) is 0 Å². The summed E-state index contributed by atoms with van der Waals surface area (Å²) in [6, 6.07) is 0. The molecule has 4 nitrogen and oxygen atoms in total. The van der Waals surface area contributed by atoms with Gasteiger partial charge in [-0.25, -0.2) is 0 Å². The summed E-state index contributed by atoms with van der Waals surface area (Å²) < 4.78 is 0. The van der Waals surface area contributed by atoms with E-state index in [9.17, 15) is 20.4 Å². The van der Waals surface area contributed by atoms with Gasteiger partial charge in [0.2, 0.25) is 0 Å². The summed E-state index contributed by atoms with van der Waals surface area (Å²) in [4.78, 5) is 0. The van der Waals surface area contributed by atoms with E-state index in [0.717, 1.165) is 51.4 Å². The molecule has 0 heterocycles. The Balaban J connectivity index is -0.000000105. The number of rotatable bonds is 8. The van der Waals surface area contributed by atoms with Crippen LogP contribution < -0.4 is 20.4 Å². The van der Waals surface area contributed by atoms with Crippen LogP contribution in [0.2, 0.25) is 0 Å². The molecule has 5 heteroatoms. The van der Waals surface area contributed by atoms with Crippen LogP contribution in [0.4, 0.5) is 0 Å². The van der Waals surface area contributed by atoms with Crippen LogP contribution in [-0.2, 0) is 21.7 Å². The zero-order valence-corrected chi connectivity index (χ0v) is 26.2. The minimum absolute atomic E-state index is 0. The maximum Gasteiger partial charge on any atom is 4.00 e. The summed E-state index contributed by atoms with van der Waals surface area (Å²) >= 11 is 0. The SMILES string of the molecule is CC(C)(C)CCC[O-].CC(C)(C)CCC[O-].CC(C)(C)CCC[O-].CC(C)(C)CCC[O-].[Ti+4]. The van der Waals surface area contributed by atoms with Gasteiger partial charge in [-0.2, -0.15) is 0 Å². The Kier molecular flexibility index (Phi) is 32.1. The Bertz CT molecular complexity index is 286. The van der Waals surface area contributed by atoms with Crippen LogP contribution in [-0.4, -0.2) is 26.4 Å². The molecule has 0 fully saturated rings. The first-order valence-electron chi connectivity index (χ1n) is 12.6. The molecule has 0 aliphatic rings. The van der Waals surface area contributed by atoms with E-state index in [1.54, 1.807) is 0 Å². The Hall–Kier alpha value is 0.554. The molecule has 0 aromatic rings. The van der Waals surface area contributed by atoms with Gasteiger partial charge in [0.05, 0.1) is 0 Å². The van der Waals surface area contributed by atoms with Gasteiger partial charge in [-0.3, -0.25) is 0 Å². The molecule has 200 valence electrons. The monoisotopic (exact) mass is 508 g/mol. The van der Waals surface area contributed by atoms with Crippen molar-refractivity contribution in [3.8, 4) is 0 Å². The molecule has 0 saturated carbocycles. The van der Waals surface area contributed by atoms with Crippen LogP contribution in [0.5, 0.6) is 0 Å². The van der Waals surface area contributed by atoms with Crippen LogP contribution in [0.25, 0.3) is 0 Å². The number of hydrogen-bond acceptors (Lipinski definition) is 4. The fourth-order valence-corrected chi connectivity index (χ4v) is 2.41. The average molecular weight is 509 g/mol. The third-order valence-electron chi connectivity index (χ3n) is 4.28. The smallest absolute Gasteiger partial charge is 0.854 e. The second-order valence-electron chi connectivity index (χ2n) is 13.5. The summed E-state index contributed by atoms with van der Waals surface area (Å²) in [5.74, 6) is 0. The summed E-state index contributed by atoms with van der Waals surface area (Å²) in [6.45, 7) is 26.2. The predicted molar refractivity (Wildman–Crippen MR) is 134 cm³/mol. The summed E-state index contributed by atoms with van der Waals surface area (Å²) in [5, 5.41) is 39.9. The van der Waals surface area contributed by atoms with Crippen molar-refractivity contribution in [2.75, 3.05) is 26.4 Å². The molecule has 0 atom stereocenters. The maximum absolute atomic E-state index is 9.98. The van der Waals surface area contributed by atoms with Crippen LogP contribution in [0, 0.1) is 21.7 Å². The van der Waals surface area contributed by atoms with E-state index in [2.05, 4.69) is 83.1 Å². The molecule has 0 aromatic heterocycles. The zero-order valence-electron chi connectivity index (χ0n) is 24.6. The van der Waals surface area contributed by atoms with Gasteiger partial charge in [-0.05, 0) is 47.3 Å². The fraction of sp³-hybridized carbons (Fsp3) is 1.00. The summed E-state index contributed by atoms with van der Waals surface area (Å²) in [6.07, 6.45) is 7.50. The van der Waals surface area contributed by atoms with E-state index >= 15 is 0 Å². The van der Waals surface area contributed by atoms with Crippen LogP contribution in [0.1, 0.15) is 134 Å². The van der Waals surface area contributed by atoms with Crippen molar-refractivity contribution in [3.05, 3.63) is 0 Å². The van der Waals surface area contributed by atoms with Gasteiger partial charge in [0.15, 0.2) is 0 Å². The molecule has 0 N–H and O–H groups in total. The van der Waals surface area contributed by atoms with Gasteiger partial charge in [-0.1, -0.05) is 109 Å².